The number of primary amides is 1. The van der Waals surface area contributed by atoms with Crippen molar-refractivity contribution in [2.24, 2.45) is 5.73 Å². The van der Waals surface area contributed by atoms with E-state index < -0.39 is 17.6 Å². The number of para-hydroxylation sites is 1. The molecule has 2 atom stereocenters. The van der Waals surface area contributed by atoms with E-state index in [9.17, 15) is 9.90 Å². The molecular weight excluding hydrogens is 292 g/mol. The molecule has 23 heavy (non-hydrogen) atoms. The molecule has 2 rings (SSSR count). The second kappa shape index (κ2) is 7.76. The van der Waals surface area contributed by atoms with Gasteiger partial charge < -0.3 is 15.6 Å². The van der Waals surface area contributed by atoms with Crippen LogP contribution in [0.4, 0.5) is 0 Å². The lowest BCUT2D eigenvalue weighted by atomic mass is 9.91. The molecule has 0 spiro atoms. The van der Waals surface area contributed by atoms with E-state index in [-0.39, 0.29) is 13.2 Å². The van der Waals surface area contributed by atoms with E-state index in [0.29, 0.717) is 5.75 Å². The average molecular weight is 314 g/mol. The summed E-state index contributed by atoms with van der Waals surface area (Å²) in [4.78, 5) is 11.9. The second-order valence-corrected chi connectivity index (χ2v) is 5.51. The molecule has 5 heteroatoms. The highest BCUT2D eigenvalue weighted by Crippen LogP contribution is 2.20. The number of amides is 1. The van der Waals surface area contributed by atoms with E-state index >= 15 is 0 Å². The lowest BCUT2D eigenvalue weighted by Gasteiger charge is -2.29. The van der Waals surface area contributed by atoms with Gasteiger partial charge in [0.1, 0.15) is 24.0 Å². The van der Waals surface area contributed by atoms with Crippen LogP contribution < -0.4 is 15.8 Å². The first-order chi connectivity index (χ1) is 11.0. The van der Waals surface area contributed by atoms with Crippen molar-refractivity contribution in [2.75, 3.05) is 13.2 Å². The van der Waals surface area contributed by atoms with Crippen molar-refractivity contribution in [3.8, 4) is 5.75 Å². The van der Waals surface area contributed by atoms with Gasteiger partial charge in [-0.15, -0.1) is 0 Å². The molecule has 1 amide bonds. The molecule has 0 fully saturated rings. The third-order valence-corrected chi connectivity index (χ3v) is 3.72. The zero-order valence-corrected chi connectivity index (χ0v) is 13.1. The van der Waals surface area contributed by atoms with Gasteiger partial charge in [-0.05, 0) is 24.6 Å². The number of hydrogen-bond donors (Lipinski definition) is 3. The van der Waals surface area contributed by atoms with Crippen LogP contribution in [0.3, 0.4) is 0 Å². The van der Waals surface area contributed by atoms with Gasteiger partial charge in [-0.1, -0.05) is 48.5 Å². The molecule has 0 radical (unpaired) electrons. The van der Waals surface area contributed by atoms with E-state index in [4.69, 9.17) is 10.5 Å². The van der Waals surface area contributed by atoms with E-state index in [0.717, 1.165) is 5.56 Å². The number of rotatable bonds is 8. The number of benzene rings is 2. The van der Waals surface area contributed by atoms with Crippen molar-refractivity contribution in [1.82, 2.24) is 5.32 Å². The third-order valence-electron chi connectivity index (χ3n) is 3.72. The highest BCUT2D eigenvalue weighted by molar-refractivity contribution is 5.85. The molecule has 0 aliphatic rings. The van der Waals surface area contributed by atoms with Gasteiger partial charge in [0.05, 0.1) is 0 Å². The van der Waals surface area contributed by atoms with Gasteiger partial charge in [0, 0.05) is 6.54 Å². The standard InChI is InChI=1S/C18H22N2O3/c1-18(17(19)22,14-8-4-2-5-9-14)20-12-15(21)13-23-16-10-6-3-7-11-16/h2-11,15,20-21H,12-13H2,1H3,(H2,19,22). The Balaban J connectivity index is 1.92. The Kier molecular flexibility index (Phi) is 5.73. The lowest BCUT2D eigenvalue weighted by molar-refractivity contribution is -0.124. The van der Waals surface area contributed by atoms with Gasteiger partial charge in [0.25, 0.3) is 0 Å². The molecule has 2 unspecified atom stereocenters. The first-order valence-electron chi connectivity index (χ1n) is 7.49. The van der Waals surface area contributed by atoms with Gasteiger partial charge >= 0.3 is 0 Å². The summed E-state index contributed by atoms with van der Waals surface area (Å²) in [6.07, 6.45) is -0.766. The predicted octanol–water partition coefficient (Wildman–Crippen LogP) is 1.42. The fourth-order valence-corrected chi connectivity index (χ4v) is 2.19. The monoisotopic (exact) mass is 314 g/mol. The fraction of sp³-hybridized carbons (Fsp3) is 0.278. The minimum atomic E-state index is -1.05. The number of ether oxygens (including phenoxy) is 1. The van der Waals surface area contributed by atoms with Gasteiger partial charge in [0.2, 0.25) is 5.91 Å². The first kappa shape index (κ1) is 17.0. The molecule has 4 N–H and O–H groups in total. The van der Waals surface area contributed by atoms with Crippen LogP contribution in [0.2, 0.25) is 0 Å². The Morgan fingerprint density at radius 3 is 2.30 bits per heavy atom. The van der Waals surface area contributed by atoms with E-state index in [1.54, 1.807) is 6.92 Å². The van der Waals surface area contributed by atoms with Gasteiger partial charge in [-0.25, -0.2) is 0 Å². The number of carbonyl (C=O) groups excluding carboxylic acids is 1. The Bertz CT molecular complexity index is 619. The maximum Gasteiger partial charge on any atom is 0.242 e. The number of nitrogens with one attached hydrogen (secondary N) is 1. The van der Waals surface area contributed by atoms with Crippen molar-refractivity contribution in [3.05, 3.63) is 66.2 Å². The van der Waals surface area contributed by atoms with Crippen LogP contribution in [0.25, 0.3) is 0 Å². The molecule has 5 nitrogen and oxygen atoms in total. The first-order valence-corrected chi connectivity index (χ1v) is 7.49. The maximum atomic E-state index is 11.9. The van der Waals surface area contributed by atoms with Gasteiger partial charge in [0.15, 0.2) is 0 Å². The zero-order chi connectivity index (χ0) is 16.7. The summed E-state index contributed by atoms with van der Waals surface area (Å²) in [5, 5.41) is 13.1. The molecule has 0 saturated heterocycles. The maximum absolute atomic E-state index is 11.9. The van der Waals surface area contributed by atoms with Gasteiger partial charge in [-0.3, -0.25) is 10.1 Å². The molecule has 0 aliphatic carbocycles. The summed E-state index contributed by atoms with van der Waals surface area (Å²) in [7, 11) is 0. The molecule has 0 bridgehead atoms. The Hall–Kier alpha value is -2.37. The van der Waals surface area contributed by atoms with Crippen LogP contribution in [-0.4, -0.2) is 30.3 Å². The number of aliphatic hydroxyl groups excluding tert-OH is 1. The van der Waals surface area contributed by atoms with Gasteiger partial charge in [-0.2, -0.15) is 0 Å². The second-order valence-electron chi connectivity index (χ2n) is 5.51. The molecule has 2 aromatic carbocycles. The molecule has 0 saturated carbocycles. The van der Waals surface area contributed by atoms with Crippen molar-refractivity contribution >= 4 is 5.91 Å². The topological polar surface area (TPSA) is 84.6 Å². The quantitative estimate of drug-likeness (QED) is 0.688. The van der Waals surface area contributed by atoms with Crippen LogP contribution in [0.15, 0.2) is 60.7 Å². The largest absolute Gasteiger partial charge is 0.491 e. The molecule has 2 aromatic rings. The SMILES string of the molecule is CC(NCC(O)COc1ccccc1)(C(N)=O)c1ccccc1. The Morgan fingerprint density at radius 1 is 1.17 bits per heavy atom. The normalized spacial score (nSPS) is 14.7. The van der Waals surface area contributed by atoms with E-state index in [1.165, 1.54) is 0 Å². The number of aliphatic hydroxyl groups is 1. The minimum Gasteiger partial charge on any atom is -0.491 e. The van der Waals surface area contributed by atoms with Crippen molar-refractivity contribution < 1.29 is 14.6 Å². The molecule has 0 aliphatic heterocycles. The Labute approximate surface area is 136 Å². The Morgan fingerprint density at radius 2 is 1.74 bits per heavy atom. The average Bonchev–Trinajstić information content (AvgIpc) is 2.59. The van der Waals surface area contributed by atoms with E-state index in [1.807, 2.05) is 60.7 Å². The van der Waals surface area contributed by atoms with Crippen molar-refractivity contribution in [3.63, 3.8) is 0 Å². The van der Waals surface area contributed by atoms with Crippen LogP contribution in [-0.2, 0) is 10.3 Å². The van der Waals surface area contributed by atoms with Crippen molar-refractivity contribution in [2.45, 2.75) is 18.6 Å². The zero-order valence-electron chi connectivity index (χ0n) is 13.1. The summed E-state index contributed by atoms with van der Waals surface area (Å²) in [5.74, 6) is 0.187. The smallest absolute Gasteiger partial charge is 0.242 e. The predicted molar refractivity (Wildman–Crippen MR) is 88.9 cm³/mol. The highest BCUT2D eigenvalue weighted by Gasteiger charge is 2.33. The lowest BCUT2D eigenvalue weighted by Crippen LogP contribution is -2.53. The summed E-state index contributed by atoms with van der Waals surface area (Å²) in [6.45, 7) is 2.01. The molecule has 0 heterocycles. The van der Waals surface area contributed by atoms with Crippen LogP contribution in [0, 0.1) is 0 Å². The van der Waals surface area contributed by atoms with Crippen LogP contribution in [0.5, 0.6) is 5.75 Å². The fourth-order valence-electron chi connectivity index (χ4n) is 2.19. The van der Waals surface area contributed by atoms with Crippen molar-refractivity contribution in [1.29, 1.82) is 0 Å². The summed E-state index contributed by atoms with van der Waals surface area (Å²) >= 11 is 0. The number of nitrogens with two attached hydrogens (primary N) is 1. The van der Waals surface area contributed by atoms with Crippen LogP contribution >= 0.6 is 0 Å². The number of carbonyl (C=O) groups is 1. The summed E-state index contributed by atoms with van der Waals surface area (Å²) in [5.41, 5.74) is 5.25. The summed E-state index contributed by atoms with van der Waals surface area (Å²) < 4.78 is 5.49. The summed E-state index contributed by atoms with van der Waals surface area (Å²) in [6, 6.07) is 18.4. The number of hydrogen-bond acceptors (Lipinski definition) is 4. The third kappa shape index (κ3) is 4.55. The molecular formula is C18H22N2O3. The minimum absolute atomic E-state index is 0.126. The molecule has 0 aromatic heterocycles. The van der Waals surface area contributed by atoms with Crippen LogP contribution in [0.1, 0.15) is 12.5 Å². The molecule has 122 valence electrons. The highest BCUT2D eigenvalue weighted by atomic mass is 16.5. The van der Waals surface area contributed by atoms with E-state index in [2.05, 4.69) is 5.32 Å².